The fraction of sp³-hybridized carbons (Fsp3) is 0.538. The Kier molecular flexibility index (Phi) is 4.69. The van der Waals surface area contributed by atoms with E-state index in [0.717, 1.165) is 13.1 Å². The third-order valence-electron chi connectivity index (χ3n) is 3.20. The number of hydrogen-bond donors (Lipinski definition) is 1. The molecular weight excluding hydrogens is 255 g/mol. The second-order valence-electron chi connectivity index (χ2n) is 4.73. The van der Waals surface area contributed by atoms with E-state index in [1.165, 1.54) is 24.9 Å². The lowest BCUT2D eigenvalue weighted by Crippen LogP contribution is -2.43. The Hall–Kier alpha value is -0.280. The van der Waals surface area contributed by atoms with Crippen molar-refractivity contribution in [1.82, 2.24) is 10.2 Å². The summed E-state index contributed by atoms with van der Waals surface area (Å²) in [6, 6.07) is 6.40. The van der Waals surface area contributed by atoms with E-state index in [1.54, 1.807) is 0 Å². The van der Waals surface area contributed by atoms with Crippen LogP contribution in [0.3, 0.4) is 0 Å². The Bertz CT molecular complexity index is 382. The number of piperidine rings is 1. The molecule has 2 rings (SSSR count). The number of halogens is 2. The molecule has 1 unspecified atom stereocenters. The van der Waals surface area contributed by atoms with Gasteiger partial charge in [-0.3, -0.25) is 0 Å². The molecular formula is C13H18Cl2N2. The third-order valence-corrected chi connectivity index (χ3v) is 3.94. The van der Waals surface area contributed by atoms with Gasteiger partial charge in [0.2, 0.25) is 0 Å². The molecule has 1 aromatic rings. The van der Waals surface area contributed by atoms with E-state index in [2.05, 4.69) is 17.3 Å². The Balaban J connectivity index is 1.86. The van der Waals surface area contributed by atoms with Crippen molar-refractivity contribution in [3.8, 4) is 0 Å². The molecule has 1 N–H and O–H groups in total. The van der Waals surface area contributed by atoms with E-state index in [0.29, 0.717) is 16.1 Å². The lowest BCUT2D eigenvalue weighted by molar-refractivity contribution is 0.226. The summed E-state index contributed by atoms with van der Waals surface area (Å²) >= 11 is 11.9. The van der Waals surface area contributed by atoms with Crippen molar-refractivity contribution < 1.29 is 0 Å². The van der Waals surface area contributed by atoms with Gasteiger partial charge < -0.3 is 10.2 Å². The Morgan fingerprint density at radius 3 is 2.88 bits per heavy atom. The molecule has 1 aliphatic rings. The maximum atomic E-state index is 5.99. The highest BCUT2D eigenvalue weighted by molar-refractivity contribution is 6.42. The van der Waals surface area contributed by atoms with E-state index in [1.807, 2.05) is 18.2 Å². The SMILES string of the molecule is CN1CCCC(NCc2ccc(Cl)c(Cl)c2)C1. The molecule has 1 atom stereocenters. The van der Waals surface area contributed by atoms with Crippen LogP contribution >= 0.6 is 23.2 Å². The predicted molar refractivity (Wildman–Crippen MR) is 73.8 cm³/mol. The van der Waals surface area contributed by atoms with E-state index in [-0.39, 0.29) is 0 Å². The molecule has 0 amide bonds. The predicted octanol–water partition coefficient (Wildman–Crippen LogP) is 3.18. The molecule has 17 heavy (non-hydrogen) atoms. The number of nitrogens with zero attached hydrogens (tertiary/aromatic N) is 1. The molecule has 0 bridgehead atoms. The normalized spacial score (nSPS) is 21.7. The lowest BCUT2D eigenvalue weighted by atomic mass is 10.1. The van der Waals surface area contributed by atoms with E-state index in [9.17, 15) is 0 Å². The first-order valence-electron chi connectivity index (χ1n) is 6.01. The van der Waals surface area contributed by atoms with Crippen LogP contribution in [0.4, 0.5) is 0 Å². The van der Waals surface area contributed by atoms with Crippen LogP contribution in [0.1, 0.15) is 18.4 Å². The van der Waals surface area contributed by atoms with Crippen LogP contribution in [-0.2, 0) is 6.54 Å². The highest BCUT2D eigenvalue weighted by Gasteiger charge is 2.16. The first kappa shape index (κ1) is 13.2. The van der Waals surface area contributed by atoms with E-state index >= 15 is 0 Å². The van der Waals surface area contributed by atoms with Crippen molar-refractivity contribution in [3.63, 3.8) is 0 Å². The Labute approximate surface area is 113 Å². The van der Waals surface area contributed by atoms with E-state index in [4.69, 9.17) is 23.2 Å². The molecule has 0 radical (unpaired) electrons. The Morgan fingerprint density at radius 2 is 2.18 bits per heavy atom. The molecule has 0 aromatic heterocycles. The van der Waals surface area contributed by atoms with Gasteiger partial charge in [-0.2, -0.15) is 0 Å². The largest absolute Gasteiger partial charge is 0.309 e. The van der Waals surface area contributed by atoms with Crippen LogP contribution in [0, 0.1) is 0 Å². The standard InChI is InChI=1S/C13H18Cl2N2/c1-17-6-2-3-11(9-17)16-8-10-4-5-12(14)13(15)7-10/h4-5,7,11,16H,2-3,6,8-9H2,1H3. The summed E-state index contributed by atoms with van der Waals surface area (Å²) in [6.07, 6.45) is 2.53. The van der Waals surface area contributed by atoms with Crippen molar-refractivity contribution in [2.45, 2.75) is 25.4 Å². The summed E-state index contributed by atoms with van der Waals surface area (Å²) < 4.78 is 0. The van der Waals surface area contributed by atoms with Gasteiger partial charge in [-0.25, -0.2) is 0 Å². The van der Waals surface area contributed by atoms with E-state index < -0.39 is 0 Å². The maximum Gasteiger partial charge on any atom is 0.0595 e. The fourth-order valence-corrected chi connectivity index (χ4v) is 2.57. The number of hydrogen-bond acceptors (Lipinski definition) is 2. The molecule has 0 saturated carbocycles. The minimum atomic E-state index is 0.586. The second-order valence-corrected chi connectivity index (χ2v) is 5.55. The van der Waals surface area contributed by atoms with Crippen molar-refractivity contribution in [1.29, 1.82) is 0 Å². The van der Waals surface area contributed by atoms with Crippen molar-refractivity contribution in [2.75, 3.05) is 20.1 Å². The zero-order chi connectivity index (χ0) is 12.3. The summed E-state index contributed by atoms with van der Waals surface area (Å²) in [5.74, 6) is 0. The van der Waals surface area contributed by atoms with Crippen LogP contribution in [0.2, 0.25) is 10.0 Å². The highest BCUT2D eigenvalue weighted by Crippen LogP contribution is 2.22. The molecule has 4 heteroatoms. The second kappa shape index (κ2) is 6.05. The van der Waals surface area contributed by atoms with Gasteiger partial charge >= 0.3 is 0 Å². The quantitative estimate of drug-likeness (QED) is 0.910. The average molecular weight is 273 g/mol. The first-order chi connectivity index (χ1) is 8.15. The molecule has 1 saturated heterocycles. The molecule has 2 nitrogen and oxygen atoms in total. The monoisotopic (exact) mass is 272 g/mol. The minimum Gasteiger partial charge on any atom is -0.309 e. The van der Waals surface area contributed by atoms with Crippen molar-refractivity contribution in [3.05, 3.63) is 33.8 Å². The van der Waals surface area contributed by atoms with Gasteiger partial charge in [-0.1, -0.05) is 29.3 Å². The highest BCUT2D eigenvalue weighted by atomic mass is 35.5. The maximum absolute atomic E-state index is 5.99. The molecule has 1 fully saturated rings. The average Bonchev–Trinajstić information content (AvgIpc) is 2.31. The molecule has 0 aliphatic carbocycles. The van der Waals surface area contributed by atoms with Gasteiger partial charge in [-0.05, 0) is 44.1 Å². The number of rotatable bonds is 3. The van der Waals surface area contributed by atoms with Gasteiger partial charge in [0.15, 0.2) is 0 Å². The van der Waals surface area contributed by atoms with Crippen LogP contribution in [0.25, 0.3) is 0 Å². The number of likely N-dealkylation sites (tertiary alicyclic amines) is 1. The number of nitrogens with one attached hydrogen (secondary N) is 1. The van der Waals surface area contributed by atoms with Crippen molar-refractivity contribution in [2.24, 2.45) is 0 Å². The first-order valence-corrected chi connectivity index (χ1v) is 6.76. The molecule has 0 spiro atoms. The summed E-state index contributed by atoms with van der Waals surface area (Å²) in [5, 5.41) is 4.82. The minimum absolute atomic E-state index is 0.586. The Morgan fingerprint density at radius 1 is 1.35 bits per heavy atom. The summed E-state index contributed by atoms with van der Waals surface area (Å²) in [7, 11) is 2.17. The molecule has 1 heterocycles. The van der Waals surface area contributed by atoms with Gasteiger partial charge in [0.1, 0.15) is 0 Å². The van der Waals surface area contributed by atoms with Crippen LogP contribution in [0.5, 0.6) is 0 Å². The zero-order valence-electron chi connectivity index (χ0n) is 10.0. The summed E-state index contributed by atoms with van der Waals surface area (Å²) in [4.78, 5) is 2.37. The summed E-state index contributed by atoms with van der Waals surface area (Å²) in [5.41, 5.74) is 1.19. The third kappa shape index (κ3) is 3.85. The lowest BCUT2D eigenvalue weighted by Gasteiger charge is -2.30. The van der Waals surface area contributed by atoms with Crippen LogP contribution < -0.4 is 5.32 Å². The van der Waals surface area contributed by atoms with Gasteiger partial charge in [-0.15, -0.1) is 0 Å². The van der Waals surface area contributed by atoms with Crippen LogP contribution in [0.15, 0.2) is 18.2 Å². The van der Waals surface area contributed by atoms with Gasteiger partial charge in [0.05, 0.1) is 10.0 Å². The molecule has 94 valence electrons. The number of benzene rings is 1. The number of likely N-dealkylation sites (N-methyl/N-ethyl adjacent to an activating group) is 1. The topological polar surface area (TPSA) is 15.3 Å². The van der Waals surface area contributed by atoms with Crippen molar-refractivity contribution >= 4 is 23.2 Å². The van der Waals surface area contributed by atoms with Crippen LogP contribution in [-0.4, -0.2) is 31.1 Å². The fourth-order valence-electron chi connectivity index (χ4n) is 2.24. The molecule has 1 aliphatic heterocycles. The van der Waals surface area contributed by atoms with Gasteiger partial charge in [0.25, 0.3) is 0 Å². The molecule has 1 aromatic carbocycles. The summed E-state index contributed by atoms with van der Waals surface area (Å²) in [6.45, 7) is 3.20. The zero-order valence-corrected chi connectivity index (χ0v) is 11.6. The smallest absolute Gasteiger partial charge is 0.0595 e. The van der Waals surface area contributed by atoms with Gasteiger partial charge in [0, 0.05) is 19.1 Å².